The molecule has 0 fully saturated rings. The molecule has 20 nitrogen and oxygen atoms in total. The third-order valence-corrected chi connectivity index (χ3v) is 16.9. The van der Waals surface area contributed by atoms with Gasteiger partial charge in [-0.3, -0.25) is 8.42 Å². The van der Waals surface area contributed by atoms with Crippen LogP contribution in [0.4, 0.5) is 22.7 Å². The number of hydrogen-bond donors (Lipinski definition) is 11. The Labute approximate surface area is 550 Å². The standard InChI is InChI=1S/C7H7Cl2NO2.3C6H5Cl2NO4S.C6H4Cl2O2S.C6H4Cl2S.2Na/c1-4-5(8)2-3-6(7(4)9)10(11)12;3*7-3-1-2-4(9(10)11)5(8)6(3)14(12)13;7-4-2-1-3-5(8)6(4)11(9)10;7-4-2-1-3-5(8)6(4)9;;/h2-3,10-11H,1H3;3*1-2,9-10H,(H,12,13);1-3H,(H,9,10);1-3,9H;;/q;;;;;;2*+1/p-2. The topological polar surface area (TPSA) is 346 Å². The second-order valence-corrected chi connectivity index (χ2v) is 21.3. The Morgan fingerprint density at radius 3 is 0.882 bits per heavy atom. The summed E-state index contributed by atoms with van der Waals surface area (Å²) in [4.78, 5) is -0.369. The van der Waals surface area contributed by atoms with Gasteiger partial charge in [-0.2, -0.15) is 20.9 Å². The quantitative estimate of drug-likeness (QED) is 0.0447. The van der Waals surface area contributed by atoms with Crippen molar-refractivity contribution in [3.05, 3.63) is 172 Å². The molecule has 6 aromatic carbocycles. The summed E-state index contributed by atoms with van der Waals surface area (Å²) >= 11 is 61.4. The Kier molecular flexibility index (Phi) is 40.5. The Hall–Kier alpha value is 1.11. The zero-order valence-corrected chi connectivity index (χ0v) is 54.7. The van der Waals surface area contributed by atoms with Crippen molar-refractivity contribution < 1.29 is 136 Å². The number of halogens is 12. The van der Waals surface area contributed by atoms with Crippen molar-refractivity contribution in [1.29, 1.82) is 0 Å². The Bertz CT molecular complexity index is 2790. The summed E-state index contributed by atoms with van der Waals surface area (Å²) in [6, 6.07) is 19.8. The summed E-state index contributed by atoms with van der Waals surface area (Å²) in [5, 5.41) is 73.0. The Morgan fingerprint density at radius 1 is 0.395 bits per heavy atom. The van der Waals surface area contributed by atoms with Crippen LogP contribution in [0.3, 0.4) is 0 Å². The van der Waals surface area contributed by atoms with E-state index in [0.29, 0.717) is 25.5 Å². The van der Waals surface area contributed by atoms with Crippen LogP contribution in [-0.2, 0) is 44.3 Å². The molecule has 10 N–H and O–H groups in total. The average molecular weight is 1420 g/mol. The zero-order chi connectivity index (χ0) is 57.2. The summed E-state index contributed by atoms with van der Waals surface area (Å²) in [6.07, 6.45) is 0. The van der Waals surface area contributed by atoms with Crippen LogP contribution in [0.1, 0.15) is 5.56 Å². The van der Waals surface area contributed by atoms with E-state index in [0.717, 1.165) is 6.07 Å². The van der Waals surface area contributed by atoms with E-state index in [9.17, 15) is 46.8 Å². The minimum absolute atomic E-state index is 0. The summed E-state index contributed by atoms with van der Waals surface area (Å²) in [5.41, 5.74) is -0.131. The number of quaternary nitrogens is 4. The van der Waals surface area contributed by atoms with Crippen molar-refractivity contribution in [2.75, 3.05) is 0 Å². The van der Waals surface area contributed by atoms with Crippen molar-refractivity contribution in [3.8, 4) is 0 Å². The monoisotopic (exact) mass is 1410 g/mol. The van der Waals surface area contributed by atoms with Crippen LogP contribution >= 0.6 is 152 Å². The van der Waals surface area contributed by atoms with E-state index in [1.165, 1.54) is 54.6 Å². The van der Waals surface area contributed by atoms with E-state index in [4.69, 9.17) is 169 Å². The summed E-state index contributed by atoms with van der Waals surface area (Å²) in [6.45, 7) is 1.68. The van der Waals surface area contributed by atoms with E-state index < -0.39 is 70.1 Å². The number of thiol groups is 1. The predicted octanol–water partition coefficient (Wildman–Crippen LogP) is 3.82. The third-order valence-electron chi connectivity index (χ3n) is 7.93. The molecule has 0 bridgehead atoms. The summed E-state index contributed by atoms with van der Waals surface area (Å²) in [5.74, 6) is 0. The van der Waals surface area contributed by atoms with Crippen molar-refractivity contribution in [2.24, 2.45) is 0 Å². The van der Waals surface area contributed by atoms with Crippen LogP contribution in [-0.4, -0.2) is 55.9 Å². The van der Waals surface area contributed by atoms with Crippen molar-refractivity contribution in [3.63, 3.8) is 0 Å². The molecule has 6 aromatic rings. The molecular formula is C37H28Cl12N4Na2O16S5. The molecule has 0 saturated heterocycles. The Morgan fingerprint density at radius 2 is 0.632 bits per heavy atom. The molecule has 0 aliphatic carbocycles. The fourth-order valence-corrected chi connectivity index (χ4v) is 10.8. The largest absolute Gasteiger partial charge is 1.00 e. The molecule has 0 heterocycles. The van der Waals surface area contributed by atoms with Gasteiger partial charge in [-0.15, -0.1) is 12.6 Å². The van der Waals surface area contributed by atoms with E-state index in [-0.39, 0.29) is 142 Å². The minimum atomic E-state index is -2.66. The molecule has 8 atom stereocenters. The maximum Gasteiger partial charge on any atom is 1.00 e. The first kappa shape index (κ1) is 79.2. The van der Waals surface area contributed by atoms with Gasteiger partial charge in [0, 0.05) is 34.2 Å². The molecule has 0 radical (unpaired) electrons. The van der Waals surface area contributed by atoms with Crippen LogP contribution in [0, 0.1) is 27.8 Å². The van der Waals surface area contributed by atoms with Gasteiger partial charge < -0.3 is 39.0 Å². The maximum absolute atomic E-state index is 10.8. The van der Waals surface area contributed by atoms with E-state index in [1.54, 1.807) is 31.2 Å². The smallest absolute Gasteiger partial charge is 0.768 e. The molecule has 76 heavy (non-hydrogen) atoms. The number of nitrogens with one attached hydrogen (secondary N) is 4. The first-order valence-electron chi connectivity index (χ1n) is 18.0. The molecule has 0 saturated carbocycles. The van der Waals surface area contributed by atoms with Gasteiger partial charge in [0.05, 0.1) is 44.9 Å². The summed E-state index contributed by atoms with van der Waals surface area (Å²) in [7, 11) is 0. The Balaban J connectivity index is 0. The first-order chi connectivity index (χ1) is 34.2. The molecule has 0 aliphatic rings. The normalized spacial score (nSPS) is 13.5. The van der Waals surface area contributed by atoms with Gasteiger partial charge in [-0.1, -0.05) is 151 Å². The van der Waals surface area contributed by atoms with Gasteiger partial charge in [0.2, 0.25) is 0 Å². The average Bonchev–Trinajstić information content (AvgIpc) is 3.27. The predicted molar refractivity (Wildman–Crippen MR) is 286 cm³/mol. The van der Waals surface area contributed by atoms with Crippen LogP contribution in [0.2, 0.25) is 60.3 Å². The third kappa shape index (κ3) is 24.7. The van der Waals surface area contributed by atoms with Gasteiger partial charge in [0.25, 0.3) is 0 Å². The molecule has 408 valence electrons. The van der Waals surface area contributed by atoms with Gasteiger partial charge in [-0.05, 0) is 83.2 Å². The second kappa shape index (κ2) is 38.9. The summed E-state index contributed by atoms with van der Waals surface area (Å²) < 4.78 is 81.4. The SMILES string of the molecule is Cc1c(Cl)ccc([NH+]([O-])O)c1Cl.O=S(O)c1c(Cl)ccc([NH+]([O-])O)c1Cl.O=S(O)c1c(Cl)ccc([NH+]([O-])O)c1Cl.O=S([O-])c1c(Cl)ccc([NH+]([O-])O)c1Cl.O=S([O-])c1c(Cl)cccc1Cl.Sc1c(Cl)cccc1Cl.[Na+].[Na+]. The first-order valence-corrected chi connectivity index (χ1v) is 27.4. The second-order valence-electron chi connectivity index (χ2n) is 12.6. The van der Waals surface area contributed by atoms with Gasteiger partial charge in [0.15, 0.2) is 44.9 Å². The molecule has 0 spiro atoms. The number of benzene rings is 6. The van der Waals surface area contributed by atoms with E-state index in [2.05, 4.69) is 12.6 Å². The van der Waals surface area contributed by atoms with Crippen LogP contribution < -0.4 is 80.0 Å². The molecule has 8 unspecified atom stereocenters. The molecule has 0 amide bonds. The van der Waals surface area contributed by atoms with Gasteiger partial charge >= 0.3 is 59.1 Å². The molecule has 39 heteroatoms. The van der Waals surface area contributed by atoms with Crippen molar-refractivity contribution in [1.82, 2.24) is 0 Å². The molecule has 0 aromatic heterocycles. The van der Waals surface area contributed by atoms with Crippen LogP contribution in [0.5, 0.6) is 0 Å². The van der Waals surface area contributed by atoms with Crippen LogP contribution in [0.25, 0.3) is 0 Å². The maximum atomic E-state index is 10.8. The van der Waals surface area contributed by atoms with Crippen molar-refractivity contribution >= 4 is 219 Å². The van der Waals surface area contributed by atoms with Gasteiger partial charge in [0.1, 0.15) is 29.9 Å². The van der Waals surface area contributed by atoms with E-state index >= 15 is 0 Å². The fraction of sp³-hybridized carbons (Fsp3) is 0.0270. The minimum Gasteiger partial charge on any atom is -0.768 e. The van der Waals surface area contributed by atoms with Crippen molar-refractivity contribution in [2.45, 2.75) is 31.4 Å². The zero-order valence-electron chi connectivity index (χ0n) is 37.5. The van der Waals surface area contributed by atoms with Gasteiger partial charge in [-0.25, -0.2) is 29.2 Å². The molecule has 0 aliphatic heterocycles. The number of hydrogen-bond acceptors (Lipinski definition) is 15. The molecule has 6 rings (SSSR count). The van der Waals surface area contributed by atoms with E-state index in [1.807, 2.05) is 0 Å². The fourth-order valence-electron chi connectivity index (χ4n) is 4.52. The molecular weight excluding hydrogens is 1390 g/mol. The van der Waals surface area contributed by atoms with Crippen LogP contribution in [0.15, 0.2) is 109 Å². The number of rotatable bonds is 8.